The predicted octanol–water partition coefficient (Wildman–Crippen LogP) is 2.93. The molecule has 138 valence electrons. The van der Waals surface area contributed by atoms with Crippen molar-refractivity contribution in [2.75, 3.05) is 17.2 Å². The van der Waals surface area contributed by atoms with E-state index in [2.05, 4.69) is 15.8 Å². The summed E-state index contributed by atoms with van der Waals surface area (Å²) in [5.41, 5.74) is 0.627. The van der Waals surface area contributed by atoms with E-state index in [-0.39, 0.29) is 24.6 Å². The average Bonchev–Trinajstić information content (AvgIpc) is 3.00. The smallest absolute Gasteiger partial charge is 0.306 e. The van der Waals surface area contributed by atoms with E-state index in [4.69, 9.17) is 20.9 Å². The number of benzene rings is 1. The van der Waals surface area contributed by atoms with Crippen molar-refractivity contribution < 1.29 is 23.6 Å². The Balaban J connectivity index is 1.60. The number of esters is 1. The fourth-order valence-electron chi connectivity index (χ4n) is 1.97. The van der Waals surface area contributed by atoms with Crippen molar-refractivity contribution >= 4 is 40.9 Å². The van der Waals surface area contributed by atoms with Crippen molar-refractivity contribution in [3.63, 3.8) is 0 Å². The Bertz CT molecular complexity index is 773. The number of carbonyl (C=O) groups excluding carboxylic acids is 3. The van der Waals surface area contributed by atoms with Gasteiger partial charge in [0.2, 0.25) is 5.91 Å². The average molecular weight is 380 g/mol. The molecule has 8 nitrogen and oxygen atoms in total. The van der Waals surface area contributed by atoms with Gasteiger partial charge in [-0.15, -0.1) is 0 Å². The normalized spacial score (nSPS) is 10.2. The van der Waals surface area contributed by atoms with Crippen molar-refractivity contribution in [3.8, 4) is 0 Å². The number of nitrogens with one attached hydrogen (secondary N) is 2. The molecule has 0 atom stereocenters. The maximum Gasteiger partial charge on any atom is 0.306 e. The van der Waals surface area contributed by atoms with E-state index in [1.165, 1.54) is 0 Å². The van der Waals surface area contributed by atoms with Crippen LogP contribution in [0.15, 0.2) is 34.9 Å². The minimum absolute atomic E-state index is 0.0321. The van der Waals surface area contributed by atoms with E-state index in [9.17, 15) is 14.4 Å². The summed E-state index contributed by atoms with van der Waals surface area (Å²) in [7, 11) is 0. The highest BCUT2D eigenvalue weighted by Gasteiger charge is 2.11. The Morgan fingerprint density at radius 1 is 1.12 bits per heavy atom. The number of aryl methyl sites for hydroxylation is 1. The monoisotopic (exact) mass is 379 g/mol. The van der Waals surface area contributed by atoms with Crippen molar-refractivity contribution in [1.82, 2.24) is 5.16 Å². The summed E-state index contributed by atoms with van der Waals surface area (Å²) < 4.78 is 9.64. The summed E-state index contributed by atoms with van der Waals surface area (Å²) in [5.74, 6) is -0.501. The van der Waals surface area contributed by atoms with E-state index in [0.717, 1.165) is 0 Å². The lowest BCUT2D eigenvalue weighted by atomic mass is 10.2. The Labute approximate surface area is 154 Å². The molecular weight excluding hydrogens is 362 g/mol. The van der Waals surface area contributed by atoms with Gasteiger partial charge in [-0.25, -0.2) is 0 Å². The highest BCUT2D eigenvalue weighted by atomic mass is 35.5. The summed E-state index contributed by atoms with van der Waals surface area (Å²) in [4.78, 5) is 35.0. The van der Waals surface area contributed by atoms with Gasteiger partial charge in [0.05, 0.1) is 0 Å². The molecule has 0 aliphatic rings. The predicted molar refractivity (Wildman–Crippen MR) is 94.8 cm³/mol. The molecule has 2 N–H and O–H groups in total. The first kappa shape index (κ1) is 19.5. The summed E-state index contributed by atoms with van der Waals surface area (Å²) in [5, 5.41) is 9.29. The molecule has 26 heavy (non-hydrogen) atoms. The van der Waals surface area contributed by atoms with Gasteiger partial charge in [0.1, 0.15) is 5.76 Å². The van der Waals surface area contributed by atoms with Gasteiger partial charge in [0, 0.05) is 29.6 Å². The Kier molecular flexibility index (Phi) is 7.16. The molecule has 0 saturated heterocycles. The second-order valence-electron chi connectivity index (χ2n) is 5.44. The van der Waals surface area contributed by atoms with Crippen molar-refractivity contribution in [3.05, 3.63) is 41.1 Å². The van der Waals surface area contributed by atoms with E-state index < -0.39 is 18.5 Å². The van der Waals surface area contributed by atoms with Crippen LogP contribution in [-0.2, 0) is 19.1 Å². The number of anilines is 2. The second kappa shape index (κ2) is 9.57. The molecule has 2 aromatic rings. The number of hydrogen-bond donors (Lipinski definition) is 2. The summed E-state index contributed by atoms with van der Waals surface area (Å²) >= 11 is 5.76. The van der Waals surface area contributed by atoms with Gasteiger partial charge in [-0.2, -0.15) is 0 Å². The number of amides is 2. The van der Waals surface area contributed by atoms with Gasteiger partial charge < -0.3 is 19.9 Å². The van der Waals surface area contributed by atoms with Crippen LogP contribution in [0.3, 0.4) is 0 Å². The van der Waals surface area contributed by atoms with Gasteiger partial charge in [-0.1, -0.05) is 16.8 Å². The van der Waals surface area contributed by atoms with Crippen molar-refractivity contribution in [1.29, 1.82) is 0 Å². The van der Waals surface area contributed by atoms with Crippen molar-refractivity contribution in [2.45, 2.75) is 26.2 Å². The quantitative estimate of drug-likeness (QED) is 0.682. The van der Waals surface area contributed by atoms with Crippen LogP contribution in [-0.4, -0.2) is 29.5 Å². The summed E-state index contributed by atoms with van der Waals surface area (Å²) in [6.45, 7) is 1.26. The lowest BCUT2D eigenvalue weighted by Crippen LogP contribution is -2.21. The molecule has 0 bridgehead atoms. The maximum absolute atomic E-state index is 11.8. The first-order chi connectivity index (χ1) is 12.4. The molecule has 0 radical (unpaired) electrons. The SMILES string of the molecule is Cc1cc(NC(=O)COC(=O)CCCC(=O)Nc2ccc(Cl)cc2)no1. The number of nitrogens with zero attached hydrogens (tertiary/aromatic N) is 1. The van der Waals surface area contributed by atoms with Gasteiger partial charge in [-0.05, 0) is 37.6 Å². The van der Waals surface area contributed by atoms with Crippen LogP contribution in [0.5, 0.6) is 0 Å². The van der Waals surface area contributed by atoms with Crippen molar-refractivity contribution in [2.24, 2.45) is 0 Å². The highest BCUT2D eigenvalue weighted by Crippen LogP contribution is 2.14. The van der Waals surface area contributed by atoms with Gasteiger partial charge in [-0.3, -0.25) is 14.4 Å². The molecule has 2 rings (SSSR count). The third-order valence-corrected chi connectivity index (χ3v) is 3.42. The number of aromatic nitrogens is 1. The molecule has 0 saturated carbocycles. The molecular formula is C17H18ClN3O5. The molecule has 1 heterocycles. The van der Waals surface area contributed by atoms with Crippen LogP contribution in [0.1, 0.15) is 25.0 Å². The fraction of sp³-hybridized carbons (Fsp3) is 0.294. The largest absolute Gasteiger partial charge is 0.456 e. The topological polar surface area (TPSA) is 111 Å². The second-order valence-corrected chi connectivity index (χ2v) is 5.88. The summed E-state index contributed by atoms with van der Waals surface area (Å²) in [6.07, 6.45) is 0.495. The third-order valence-electron chi connectivity index (χ3n) is 3.17. The maximum atomic E-state index is 11.8. The molecule has 0 aliphatic heterocycles. The number of ether oxygens (including phenoxy) is 1. The standard InChI is InChI=1S/C17H18ClN3O5/c1-11-9-14(21-26-11)20-16(23)10-25-17(24)4-2-3-15(22)19-13-7-5-12(18)6-8-13/h5-9H,2-4,10H2,1H3,(H,19,22)(H,20,21,23). The van der Waals surface area contributed by atoms with Crippen LogP contribution in [0.25, 0.3) is 0 Å². The van der Waals surface area contributed by atoms with Gasteiger partial charge >= 0.3 is 5.97 Å². The molecule has 1 aromatic heterocycles. The molecule has 0 spiro atoms. The van der Waals surface area contributed by atoms with E-state index in [1.807, 2.05) is 0 Å². The first-order valence-corrected chi connectivity index (χ1v) is 8.24. The molecule has 0 unspecified atom stereocenters. The zero-order valence-corrected chi connectivity index (χ0v) is 14.8. The zero-order valence-electron chi connectivity index (χ0n) is 14.1. The van der Waals surface area contributed by atoms with E-state index >= 15 is 0 Å². The van der Waals surface area contributed by atoms with Crippen LogP contribution >= 0.6 is 11.6 Å². The van der Waals surface area contributed by atoms with E-state index in [1.54, 1.807) is 37.3 Å². The fourth-order valence-corrected chi connectivity index (χ4v) is 2.10. The highest BCUT2D eigenvalue weighted by molar-refractivity contribution is 6.30. The van der Waals surface area contributed by atoms with Crippen LogP contribution < -0.4 is 10.6 Å². The minimum atomic E-state index is -0.559. The number of carbonyl (C=O) groups is 3. The lowest BCUT2D eigenvalue weighted by Gasteiger charge is -2.06. The van der Waals surface area contributed by atoms with Crippen LogP contribution in [0.4, 0.5) is 11.5 Å². The van der Waals surface area contributed by atoms with Crippen LogP contribution in [0, 0.1) is 6.92 Å². The molecule has 1 aromatic carbocycles. The van der Waals surface area contributed by atoms with E-state index in [0.29, 0.717) is 22.9 Å². The van der Waals surface area contributed by atoms with Gasteiger partial charge in [0.25, 0.3) is 5.91 Å². The lowest BCUT2D eigenvalue weighted by molar-refractivity contribution is -0.147. The number of hydrogen-bond acceptors (Lipinski definition) is 6. The Hall–Kier alpha value is -2.87. The molecule has 0 aliphatic carbocycles. The molecule has 0 fully saturated rings. The van der Waals surface area contributed by atoms with Gasteiger partial charge in [0.15, 0.2) is 12.4 Å². The molecule has 9 heteroatoms. The Morgan fingerprint density at radius 2 is 1.85 bits per heavy atom. The van der Waals surface area contributed by atoms with Crippen LogP contribution in [0.2, 0.25) is 5.02 Å². The number of rotatable bonds is 8. The minimum Gasteiger partial charge on any atom is -0.456 e. The Morgan fingerprint density at radius 3 is 2.50 bits per heavy atom. The third kappa shape index (κ3) is 6.94. The first-order valence-electron chi connectivity index (χ1n) is 7.86. The summed E-state index contributed by atoms with van der Waals surface area (Å²) in [6, 6.07) is 8.24. The molecule has 2 amide bonds. The number of halogens is 1. The zero-order chi connectivity index (χ0) is 18.9.